The fourth-order valence-electron chi connectivity index (χ4n) is 2.17. The first-order valence-electron chi connectivity index (χ1n) is 6.64. The Hall–Kier alpha value is -1.13. The van der Waals surface area contributed by atoms with E-state index in [1.54, 1.807) is 12.1 Å². The molecule has 0 unspecified atom stereocenters. The molecule has 1 N–H and O–H groups in total. The van der Waals surface area contributed by atoms with Crippen LogP contribution in [0.2, 0.25) is 0 Å². The van der Waals surface area contributed by atoms with E-state index in [2.05, 4.69) is 22.2 Å². The monoisotopic (exact) mass is 251 g/mol. The minimum absolute atomic E-state index is 0.182. The summed E-state index contributed by atoms with van der Waals surface area (Å²) in [5.74, 6) is -0.182. The number of anilines is 1. The molecule has 100 valence electrons. The van der Waals surface area contributed by atoms with Crippen LogP contribution in [-0.4, -0.2) is 56.1 Å². The van der Waals surface area contributed by atoms with Crippen LogP contribution >= 0.6 is 0 Å². The smallest absolute Gasteiger partial charge is 0.123 e. The van der Waals surface area contributed by atoms with Gasteiger partial charge in [-0.2, -0.15) is 0 Å². The zero-order valence-corrected chi connectivity index (χ0v) is 11.0. The van der Waals surface area contributed by atoms with Crippen LogP contribution in [-0.2, 0) is 0 Å². The van der Waals surface area contributed by atoms with Crippen molar-refractivity contribution in [2.75, 3.05) is 51.6 Å². The quantitative estimate of drug-likeness (QED) is 0.806. The summed E-state index contributed by atoms with van der Waals surface area (Å²) in [6.45, 7) is 6.77. The highest BCUT2D eigenvalue weighted by Gasteiger charge is 2.12. The van der Waals surface area contributed by atoms with E-state index in [-0.39, 0.29) is 5.82 Å². The second-order valence-corrected chi connectivity index (χ2v) is 4.93. The summed E-state index contributed by atoms with van der Waals surface area (Å²) < 4.78 is 12.7. The van der Waals surface area contributed by atoms with E-state index in [0.29, 0.717) is 0 Å². The molecule has 2 rings (SSSR count). The number of halogens is 1. The average molecular weight is 251 g/mol. The maximum atomic E-state index is 12.7. The van der Waals surface area contributed by atoms with Gasteiger partial charge in [0.1, 0.15) is 5.82 Å². The summed E-state index contributed by atoms with van der Waals surface area (Å²) in [5, 5.41) is 3.32. The van der Waals surface area contributed by atoms with Crippen LogP contribution in [0.25, 0.3) is 0 Å². The van der Waals surface area contributed by atoms with Crippen molar-refractivity contribution < 1.29 is 4.39 Å². The molecule has 1 saturated heterocycles. The topological polar surface area (TPSA) is 18.5 Å². The van der Waals surface area contributed by atoms with Gasteiger partial charge in [-0.25, -0.2) is 4.39 Å². The number of hydrogen-bond acceptors (Lipinski definition) is 3. The Morgan fingerprint density at radius 1 is 1.11 bits per heavy atom. The third-order valence-corrected chi connectivity index (χ3v) is 3.42. The van der Waals surface area contributed by atoms with E-state index < -0.39 is 0 Å². The van der Waals surface area contributed by atoms with E-state index in [1.807, 2.05) is 0 Å². The lowest BCUT2D eigenvalue weighted by Crippen LogP contribution is -2.44. The predicted molar refractivity (Wildman–Crippen MR) is 73.4 cm³/mol. The van der Waals surface area contributed by atoms with Gasteiger partial charge in [-0.3, -0.25) is 0 Å². The SMILES string of the molecule is CN1CCN(CCCNc2ccc(F)cc2)CC1. The van der Waals surface area contributed by atoms with Crippen molar-refractivity contribution in [1.29, 1.82) is 0 Å². The lowest BCUT2D eigenvalue weighted by Gasteiger charge is -2.32. The molecule has 1 heterocycles. The average Bonchev–Trinajstić information content (AvgIpc) is 2.39. The second-order valence-electron chi connectivity index (χ2n) is 4.93. The van der Waals surface area contributed by atoms with Gasteiger partial charge < -0.3 is 15.1 Å². The Morgan fingerprint density at radius 3 is 2.44 bits per heavy atom. The number of hydrogen-bond donors (Lipinski definition) is 1. The molecule has 0 amide bonds. The molecule has 0 spiro atoms. The van der Waals surface area contributed by atoms with Crippen molar-refractivity contribution in [3.63, 3.8) is 0 Å². The van der Waals surface area contributed by atoms with E-state index >= 15 is 0 Å². The van der Waals surface area contributed by atoms with Gasteiger partial charge >= 0.3 is 0 Å². The lowest BCUT2D eigenvalue weighted by atomic mass is 10.3. The molecule has 18 heavy (non-hydrogen) atoms. The summed E-state index contributed by atoms with van der Waals surface area (Å²) in [4.78, 5) is 4.87. The van der Waals surface area contributed by atoms with Gasteiger partial charge in [0.05, 0.1) is 0 Å². The number of benzene rings is 1. The summed E-state index contributed by atoms with van der Waals surface area (Å²) in [6.07, 6.45) is 1.13. The zero-order chi connectivity index (χ0) is 12.8. The Bertz CT molecular complexity index is 345. The van der Waals surface area contributed by atoms with Crippen molar-refractivity contribution in [3.05, 3.63) is 30.1 Å². The van der Waals surface area contributed by atoms with E-state index in [1.165, 1.54) is 38.3 Å². The third kappa shape index (κ3) is 4.27. The highest BCUT2D eigenvalue weighted by Crippen LogP contribution is 2.08. The fourth-order valence-corrected chi connectivity index (χ4v) is 2.17. The van der Waals surface area contributed by atoms with Gasteiger partial charge in [0, 0.05) is 38.4 Å². The zero-order valence-electron chi connectivity index (χ0n) is 11.0. The van der Waals surface area contributed by atoms with Crippen molar-refractivity contribution >= 4 is 5.69 Å². The highest BCUT2D eigenvalue weighted by molar-refractivity contribution is 5.42. The molecule has 0 radical (unpaired) electrons. The molecule has 0 aliphatic carbocycles. The Kier molecular flexibility index (Phi) is 4.96. The van der Waals surface area contributed by atoms with Crippen LogP contribution < -0.4 is 5.32 Å². The van der Waals surface area contributed by atoms with E-state index in [0.717, 1.165) is 25.2 Å². The molecule has 1 aromatic carbocycles. The summed E-state index contributed by atoms with van der Waals surface area (Å²) >= 11 is 0. The predicted octanol–water partition coefficient (Wildman–Crippen LogP) is 1.88. The number of rotatable bonds is 5. The van der Waals surface area contributed by atoms with E-state index in [9.17, 15) is 4.39 Å². The lowest BCUT2D eigenvalue weighted by molar-refractivity contribution is 0.154. The summed E-state index contributed by atoms with van der Waals surface area (Å²) in [5.41, 5.74) is 0.995. The van der Waals surface area contributed by atoms with Crippen LogP contribution in [0.3, 0.4) is 0 Å². The second kappa shape index (κ2) is 6.71. The molecular formula is C14H22FN3. The molecule has 3 nitrogen and oxygen atoms in total. The number of nitrogens with one attached hydrogen (secondary N) is 1. The summed E-state index contributed by atoms with van der Waals surface area (Å²) in [6, 6.07) is 6.54. The van der Waals surface area contributed by atoms with Gasteiger partial charge in [0.25, 0.3) is 0 Å². The molecule has 1 aromatic rings. The number of nitrogens with zero attached hydrogens (tertiary/aromatic N) is 2. The largest absolute Gasteiger partial charge is 0.385 e. The molecule has 0 bridgehead atoms. The minimum atomic E-state index is -0.182. The van der Waals surface area contributed by atoms with Gasteiger partial charge in [0.15, 0.2) is 0 Å². The molecule has 1 aliphatic heterocycles. The number of piperazine rings is 1. The number of likely N-dealkylation sites (N-methyl/N-ethyl adjacent to an activating group) is 1. The maximum absolute atomic E-state index is 12.7. The van der Waals surface area contributed by atoms with Crippen molar-refractivity contribution in [3.8, 4) is 0 Å². The van der Waals surface area contributed by atoms with Crippen molar-refractivity contribution in [1.82, 2.24) is 9.80 Å². The van der Waals surface area contributed by atoms with Crippen LogP contribution in [0.1, 0.15) is 6.42 Å². The maximum Gasteiger partial charge on any atom is 0.123 e. The Morgan fingerprint density at radius 2 is 1.78 bits per heavy atom. The summed E-state index contributed by atoms with van der Waals surface area (Å²) in [7, 11) is 2.17. The molecular weight excluding hydrogens is 229 g/mol. The first kappa shape index (κ1) is 13.3. The van der Waals surface area contributed by atoms with Gasteiger partial charge in [0.2, 0.25) is 0 Å². The Labute approximate surface area is 109 Å². The normalized spacial score (nSPS) is 17.9. The van der Waals surface area contributed by atoms with Crippen LogP contribution in [0, 0.1) is 5.82 Å². The van der Waals surface area contributed by atoms with Crippen LogP contribution in [0.5, 0.6) is 0 Å². The van der Waals surface area contributed by atoms with Crippen LogP contribution in [0.4, 0.5) is 10.1 Å². The first-order chi connectivity index (χ1) is 8.74. The Balaban J connectivity index is 1.60. The molecule has 1 aliphatic rings. The fraction of sp³-hybridized carbons (Fsp3) is 0.571. The van der Waals surface area contributed by atoms with Crippen molar-refractivity contribution in [2.24, 2.45) is 0 Å². The molecule has 4 heteroatoms. The minimum Gasteiger partial charge on any atom is -0.385 e. The third-order valence-electron chi connectivity index (χ3n) is 3.42. The molecule has 1 fully saturated rings. The van der Waals surface area contributed by atoms with Gasteiger partial charge in [-0.05, 0) is 44.3 Å². The van der Waals surface area contributed by atoms with E-state index in [4.69, 9.17) is 0 Å². The standard InChI is InChI=1S/C14H22FN3/c1-17-9-11-18(12-10-17)8-2-7-16-14-5-3-13(15)4-6-14/h3-6,16H,2,7-12H2,1H3. The molecule has 0 saturated carbocycles. The van der Waals surface area contributed by atoms with Crippen LogP contribution in [0.15, 0.2) is 24.3 Å². The molecule has 0 atom stereocenters. The van der Waals surface area contributed by atoms with Crippen molar-refractivity contribution in [2.45, 2.75) is 6.42 Å². The molecule has 0 aromatic heterocycles. The van der Waals surface area contributed by atoms with Gasteiger partial charge in [-0.15, -0.1) is 0 Å². The van der Waals surface area contributed by atoms with Gasteiger partial charge in [-0.1, -0.05) is 0 Å². The first-order valence-corrected chi connectivity index (χ1v) is 6.64. The highest BCUT2D eigenvalue weighted by atomic mass is 19.1.